The van der Waals surface area contributed by atoms with Crippen LogP contribution in [0.3, 0.4) is 0 Å². The van der Waals surface area contributed by atoms with Gasteiger partial charge in [-0.05, 0) is 39.2 Å². The summed E-state index contributed by atoms with van der Waals surface area (Å²) in [5.74, 6) is 0. The third-order valence-electron chi connectivity index (χ3n) is 3.76. The standard InChI is InChI=1S/C16H19N3O/c1-12(18(2)3)11-20-17-16-13-7-4-5-8-14(13)19-10-6-9-15(16)19/h4-10,12H,11H2,1-3H3. The summed E-state index contributed by atoms with van der Waals surface area (Å²) in [5.41, 5.74) is 4.29. The van der Waals surface area contributed by atoms with Crippen LogP contribution in [0.5, 0.6) is 0 Å². The van der Waals surface area contributed by atoms with E-state index in [0.29, 0.717) is 12.6 Å². The first-order valence-electron chi connectivity index (χ1n) is 6.82. The Labute approximate surface area is 119 Å². The zero-order chi connectivity index (χ0) is 14.1. The molecule has 1 unspecified atom stereocenters. The van der Waals surface area contributed by atoms with Crippen LogP contribution in [-0.2, 0) is 4.84 Å². The average molecular weight is 269 g/mol. The zero-order valence-electron chi connectivity index (χ0n) is 12.1. The number of rotatable bonds is 4. The molecule has 0 fully saturated rings. The Hall–Kier alpha value is -2.07. The predicted molar refractivity (Wildman–Crippen MR) is 80.5 cm³/mol. The van der Waals surface area contributed by atoms with Crippen LogP contribution in [-0.4, -0.2) is 41.9 Å². The molecule has 4 heteroatoms. The molecular formula is C16H19N3O. The second-order valence-corrected chi connectivity index (χ2v) is 5.33. The lowest BCUT2D eigenvalue weighted by molar-refractivity contribution is 0.0922. The van der Waals surface area contributed by atoms with E-state index < -0.39 is 0 Å². The molecule has 0 bridgehead atoms. The summed E-state index contributed by atoms with van der Waals surface area (Å²) in [6.07, 6.45) is 2.05. The maximum absolute atomic E-state index is 5.56. The minimum Gasteiger partial charge on any atom is -0.394 e. The van der Waals surface area contributed by atoms with Crippen molar-refractivity contribution in [3.05, 3.63) is 53.9 Å². The van der Waals surface area contributed by atoms with Gasteiger partial charge in [-0.1, -0.05) is 23.4 Å². The normalized spacial score (nSPS) is 16.3. The van der Waals surface area contributed by atoms with Gasteiger partial charge < -0.3 is 14.3 Å². The van der Waals surface area contributed by atoms with E-state index in [1.165, 1.54) is 0 Å². The quantitative estimate of drug-likeness (QED) is 0.681. The third kappa shape index (κ3) is 2.12. The fourth-order valence-electron chi connectivity index (χ4n) is 2.26. The van der Waals surface area contributed by atoms with Crippen molar-refractivity contribution in [1.82, 2.24) is 9.47 Å². The molecule has 1 aliphatic rings. The van der Waals surface area contributed by atoms with Crippen LogP contribution >= 0.6 is 0 Å². The highest BCUT2D eigenvalue weighted by atomic mass is 16.6. The number of hydrogen-bond acceptors (Lipinski definition) is 3. The van der Waals surface area contributed by atoms with Crippen LogP contribution in [0, 0.1) is 0 Å². The molecule has 20 heavy (non-hydrogen) atoms. The van der Waals surface area contributed by atoms with Crippen LogP contribution in [0.4, 0.5) is 0 Å². The maximum Gasteiger partial charge on any atom is 0.136 e. The second kappa shape index (κ2) is 5.13. The van der Waals surface area contributed by atoms with Gasteiger partial charge in [0.1, 0.15) is 12.3 Å². The number of likely N-dealkylation sites (N-methyl/N-ethyl adjacent to an activating group) is 1. The summed E-state index contributed by atoms with van der Waals surface area (Å²) in [6, 6.07) is 12.7. The van der Waals surface area contributed by atoms with Crippen molar-refractivity contribution < 1.29 is 4.84 Å². The van der Waals surface area contributed by atoms with E-state index in [9.17, 15) is 0 Å². The molecule has 1 aromatic heterocycles. The molecule has 104 valence electrons. The molecule has 0 N–H and O–H groups in total. The molecule has 3 rings (SSSR count). The summed E-state index contributed by atoms with van der Waals surface area (Å²) in [7, 11) is 4.08. The SMILES string of the molecule is CC(CON=C1c2ccccc2-n2cccc21)N(C)C. The fraction of sp³-hybridized carbons (Fsp3) is 0.312. The van der Waals surface area contributed by atoms with E-state index in [0.717, 1.165) is 22.7 Å². The summed E-state index contributed by atoms with van der Waals surface area (Å²) in [5, 5.41) is 4.37. The van der Waals surface area contributed by atoms with Gasteiger partial charge in [0, 0.05) is 17.8 Å². The minimum atomic E-state index is 0.336. The van der Waals surface area contributed by atoms with Crippen LogP contribution < -0.4 is 0 Å². The number of aromatic nitrogens is 1. The van der Waals surface area contributed by atoms with Gasteiger partial charge in [0.15, 0.2) is 0 Å². The van der Waals surface area contributed by atoms with Crippen molar-refractivity contribution in [2.75, 3.05) is 20.7 Å². The van der Waals surface area contributed by atoms with Crippen molar-refractivity contribution in [3.8, 4) is 5.69 Å². The number of para-hydroxylation sites is 1. The molecule has 2 aromatic rings. The number of fused-ring (bicyclic) bond motifs is 3. The largest absolute Gasteiger partial charge is 0.394 e. The molecule has 1 aromatic carbocycles. The molecule has 0 radical (unpaired) electrons. The lowest BCUT2D eigenvalue weighted by Gasteiger charge is -2.17. The van der Waals surface area contributed by atoms with Gasteiger partial charge in [0.25, 0.3) is 0 Å². The topological polar surface area (TPSA) is 29.8 Å². The Morgan fingerprint density at radius 3 is 2.80 bits per heavy atom. The van der Waals surface area contributed by atoms with Crippen molar-refractivity contribution in [1.29, 1.82) is 0 Å². The molecular weight excluding hydrogens is 250 g/mol. The van der Waals surface area contributed by atoms with Crippen molar-refractivity contribution in [3.63, 3.8) is 0 Å². The van der Waals surface area contributed by atoms with Crippen LogP contribution in [0.1, 0.15) is 18.2 Å². The molecule has 4 nitrogen and oxygen atoms in total. The molecule has 0 aliphatic carbocycles. The van der Waals surface area contributed by atoms with Gasteiger partial charge in [-0.25, -0.2) is 0 Å². The number of benzene rings is 1. The third-order valence-corrected chi connectivity index (χ3v) is 3.76. The highest BCUT2D eigenvalue weighted by Crippen LogP contribution is 2.28. The predicted octanol–water partition coefficient (Wildman–Crippen LogP) is 2.51. The Morgan fingerprint density at radius 1 is 1.20 bits per heavy atom. The van der Waals surface area contributed by atoms with E-state index in [-0.39, 0.29) is 0 Å². The van der Waals surface area contributed by atoms with Crippen LogP contribution in [0.25, 0.3) is 5.69 Å². The zero-order valence-corrected chi connectivity index (χ0v) is 12.1. The lowest BCUT2D eigenvalue weighted by atomic mass is 10.1. The van der Waals surface area contributed by atoms with Crippen molar-refractivity contribution in [2.45, 2.75) is 13.0 Å². The van der Waals surface area contributed by atoms with E-state index in [1.807, 2.05) is 32.3 Å². The van der Waals surface area contributed by atoms with Gasteiger partial charge in [-0.15, -0.1) is 0 Å². The fourth-order valence-corrected chi connectivity index (χ4v) is 2.26. The van der Waals surface area contributed by atoms with Gasteiger partial charge >= 0.3 is 0 Å². The first kappa shape index (κ1) is 12.9. The summed E-state index contributed by atoms with van der Waals surface area (Å²) in [4.78, 5) is 7.67. The second-order valence-electron chi connectivity index (χ2n) is 5.33. The highest BCUT2D eigenvalue weighted by molar-refractivity contribution is 6.17. The van der Waals surface area contributed by atoms with Gasteiger partial charge in [-0.3, -0.25) is 0 Å². The smallest absolute Gasteiger partial charge is 0.136 e. The number of hydrogen-bond donors (Lipinski definition) is 0. The average Bonchev–Trinajstić information content (AvgIpc) is 3.01. The summed E-state index contributed by atoms with van der Waals surface area (Å²) < 4.78 is 2.15. The summed E-state index contributed by atoms with van der Waals surface area (Å²) >= 11 is 0. The van der Waals surface area contributed by atoms with Gasteiger partial charge in [-0.2, -0.15) is 0 Å². The molecule has 0 saturated heterocycles. The van der Waals surface area contributed by atoms with E-state index >= 15 is 0 Å². The Morgan fingerprint density at radius 2 is 2.00 bits per heavy atom. The van der Waals surface area contributed by atoms with Gasteiger partial charge in [0.05, 0.1) is 11.4 Å². The number of nitrogens with zero attached hydrogens (tertiary/aromatic N) is 3. The van der Waals surface area contributed by atoms with Gasteiger partial charge in [0.2, 0.25) is 0 Å². The monoisotopic (exact) mass is 269 g/mol. The lowest BCUT2D eigenvalue weighted by Crippen LogP contribution is -2.28. The highest BCUT2D eigenvalue weighted by Gasteiger charge is 2.24. The molecule has 0 saturated carbocycles. The van der Waals surface area contributed by atoms with E-state index in [1.54, 1.807) is 0 Å². The molecule has 1 atom stereocenters. The van der Waals surface area contributed by atoms with Crippen LogP contribution in [0.2, 0.25) is 0 Å². The van der Waals surface area contributed by atoms with Crippen molar-refractivity contribution in [2.24, 2.45) is 5.16 Å². The Bertz CT molecular complexity index is 643. The Kier molecular flexibility index (Phi) is 3.32. The van der Waals surface area contributed by atoms with Crippen molar-refractivity contribution >= 4 is 5.71 Å². The minimum absolute atomic E-state index is 0.336. The number of oxime groups is 1. The maximum atomic E-state index is 5.56. The van der Waals surface area contributed by atoms with Crippen LogP contribution in [0.15, 0.2) is 47.8 Å². The first-order valence-corrected chi connectivity index (χ1v) is 6.82. The molecule has 1 aliphatic heterocycles. The Balaban J connectivity index is 1.87. The van der Waals surface area contributed by atoms with E-state index in [2.05, 4.69) is 45.9 Å². The van der Waals surface area contributed by atoms with E-state index in [4.69, 9.17) is 4.84 Å². The summed E-state index contributed by atoms with van der Waals surface area (Å²) in [6.45, 7) is 2.70. The molecule has 0 amide bonds. The molecule has 2 heterocycles. The molecule has 0 spiro atoms. The first-order chi connectivity index (χ1) is 9.68.